The fourth-order valence-corrected chi connectivity index (χ4v) is 3.51. The summed E-state index contributed by atoms with van der Waals surface area (Å²) in [6, 6.07) is 0. The minimum atomic E-state index is 0.0488. The van der Waals surface area contributed by atoms with Crippen LogP contribution in [0, 0.1) is 6.92 Å². The first kappa shape index (κ1) is 11.0. The summed E-state index contributed by atoms with van der Waals surface area (Å²) in [4.78, 5) is 27.3. The first-order valence-corrected chi connectivity index (χ1v) is 6.88. The molecular weight excluding hydrogens is 240 g/mol. The number of ketones is 2. The number of fused-ring (bicyclic) bond motifs is 3. The van der Waals surface area contributed by atoms with E-state index in [4.69, 9.17) is 0 Å². The van der Waals surface area contributed by atoms with Crippen molar-refractivity contribution in [2.75, 3.05) is 13.1 Å². The monoisotopic (exact) mass is 256 g/mol. The zero-order valence-electron chi connectivity index (χ0n) is 11.2. The number of nitrogens with zero attached hydrogens (tertiary/aromatic N) is 2. The number of carbonyl (C=O) groups is 2. The van der Waals surface area contributed by atoms with E-state index in [2.05, 4.69) is 4.57 Å². The van der Waals surface area contributed by atoms with E-state index in [9.17, 15) is 9.59 Å². The molecule has 4 heteroatoms. The van der Waals surface area contributed by atoms with E-state index in [1.807, 2.05) is 11.8 Å². The summed E-state index contributed by atoms with van der Waals surface area (Å²) in [5.41, 5.74) is 4.81. The van der Waals surface area contributed by atoms with E-state index in [0.29, 0.717) is 22.5 Å². The van der Waals surface area contributed by atoms with Crippen molar-refractivity contribution in [3.8, 4) is 0 Å². The molecule has 0 atom stereocenters. The highest BCUT2D eigenvalue weighted by atomic mass is 16.1. The number of allylic oxidation sites excluding steroid dienone is 2. The van der Waals surface area contributed by atoms with Gasteiger partial charge in [0.1, 0.15) is 5.69 Å². The maximum Gasteiger partial charge on any atom is 0.212 e. The lowest BCUT2D eigenvalue weighted by Crippen LogP contribution is -2.26. The van der Waals surface area contributed by atoms with Crippen molar-refractivity contribution in [2.24, 2.45) is 0 Å². The predicted octanol–water partition coefficient (Wildman–Crippen LogP) is 1.71. The molecule has 0 bridgehead atoms. The number of hydrogen-bond acceptors (Lipinski definition) is 3. The summed E-state index contributed by atoms with van der Waals surface area (Å²) in [5.74, 6) is 0.108. The second-order valence-corrected chi connectivity index (χ2v) is 5.67. The molecule has 0 N–H and O–H groups in total. The SMILES string of the molecule is CC1=C(N2CC2)C(=O)c2c(C)c3n(c2C1=O)CCC3. The molecule has 3 aliphatic rings. The molecule has 0 unspecified atom stereocenters. The molecule has 0 aromatic carbocycles. The zero-order valence-corrected chi connectivity index (χ0v) is 11.2. The van der Waals surface area contributed by atoms with Gasteiger partial charge in [-0.2, -0.15) is 0 Å². The Hall–Kier alpha value is -1.84. The summed E-state index contributed by atoms with van der Waals surface area (Å²) in [7, 11) is 0. The zero-order chi connectivity index (χ0) is 13.3. The Balaban J connectivity index is 1.99. The minimum absolute atomic E-state index is 0.0488. The van der Waals surface area contributed by atoms with Crippen molar-refractivity contribution >= 4 is 11.6 Å². The second kappa shape index (κ2) is 3.38. The fraction of sp³-hybridized carbons (Fsp3) is 0.467. The lowest BCUT2D eigenvalue weighted by molar-refractivity contribution is 0.0955. The highest BCUT2D eigenvalue weighted by Crippen LogP contribution is 2.37. The van der Waals surface area contributed by atoms with E-state index in [0.717, 1.165) is 38.0 Å². The molecule has 1 aromatic heterocycles. The van der Waals surface area contributed by atoms with Gasteiger partial charge in [-0.3, -0.25) is 9.59 Å². The minimum Gasteiger partial charge on any atom is -0.364 e. The van der Waals surface area contributed by atoms with Crippen LogP contribution in [0.3, 0.4) is 0 Å². The first-order chi connectivity index (χ1) is 9.11. The lowest BCUT2D eigenvalue weighted by atomic mass is 9.90. The van der Waals surface area contributed by atoms with E-state index in [1.54, 1.807) is 6.92 Å². The number of Topliss-reactive ketones (excluding diaryl/α,β-unsaturated/α-hetero) is 2. The molecule has 0 amide bonds. The molecular formula is C15H16N2O2. The van der Waals surface area contributed by atoms with Crippen LogP contribution in [0.1, 0.15) is 45.4 Å². The average Bonchev–Trinajstić information content (AvgIpc) is 3.01. The number of rotatable bonds is 1. The molecule has 98 valence electrons. The van der Waals surface area contributed by atoms with Gasteiger partial charge in [0, 0.05) is 30.9 Å². The van der Waals surface area contributed by atoms with E-state index >= 15 is 0 Å². The molecule has 1 aliphatic carbocycles. The van der Waals surface area contributed by atoms with Crippen LogP contribution in [-0.2, 0) is 13.0 Å². The molecule has 1 saturated heterocycles. The van der Waals surface area contributed by atoms with Crippen molar-refractivity contribution in [3.63, 3.8) is 0 Å². The van der Waals surface area contributed by atoms with E-state index < -0.39 is 0 Å². The normalized spacial score (nSPS) is 21.1. The van der Waals surface area contributed by atoms with Gasteiger partial charge in [0.25, 0.3) is 0 Å². The molecule has 0 saturated carbocycles. The Morgan fingerprint density at radius 2 is 1.74 bits per heavy atom. The first-order valence-electron chi connectivity index (χ1n) is 6.88. The van der Waals surface area contributed by atoms with Crippen LogP contribution in [0.25, 0.3) is 0 Å². The summed E-state index contributed by atoms with van der Waals surface area (Å²) >= 11 is 0. The van der Waals surface area contributed by atoms with Crippen LogP contribution in [0.2, 0.25) is 0 Å². The number of carbonyl (C=O) groups excluding carboxylic acids is 2. The van der Waals surface area contributed by atoms with E-state index in [-0.39, 0.29) is 11.6 Å². The van der Waals surface area contributed by atoms with Gasteiger partial charge >= 0.3 is 0 Å². The summed E-state index contributed by atoms with van der Waals surface area (Å²) in [5, 5.41) is 0. The number of hydrogen-bond donors (Lipinski definition) is 0. The molecule has 0 radical (unpaired) electrons. The Morgan fingerprint density at radius 1 is 1.00 bits per heavy atom. The Kier molecular flexibility index (Phi) is 1.96. The van der Waals surface area contributed by atoms with Crippen LogP contribution in [0.5, 0.6) is 0 Å². The van der Waals surface area contributed by atoms with Crippen LogP contribution < -0.4 is 0 Å². The smallest absolute Gasteiger partial charge is 0.212 e. The van der Waals surface area contributed by atoms with Crippen LogP contribution in [0.15, 0.2) is 11.3 Å². The Labute approximate surface area is 111 Å². The van der Waals surface area contributed by atoms with Gasteiger partial charge in [0.15, 0.2) is 0 Å². The van der Waals surface area contributed by atoms with Gasteiger partial charge in [-0.15, -0.1) is 0 Å². The maximum absolute atomic E-state index is 12.7. The highest BCUT2D eigenvalue weighted by Gasteiger charge is 2.41. The Bertz CT molecular complexity index is 675. The third kappa shape index (κ3) is 1.24. The Morgan fingerprint density at radius 3 is 2.42 bits per heavy atom. The molecule has 3 heterocycles. The summed E-state index contributed by atoms with van der Waals surface area (Å²) in [6.45, 7) is 6.45. The van der Waals surface area contributed by atoms with Gasteiger partial charge < -0.3 is 9.47 Å². The van der Waals surface area contributed by atoms with Crippen LogP contribution >= 0.6 is 0 Å². The van der Waals surface area contributed by atoms with Crippen LogP contribution in [-0.4, -0.2) is 34.1 Å². The fourth-order valence-electron chi connectivity index (χ4n) is 3.51. The highest BCUT2D eigenvalue weighted by molar-refractivity contribution is 6.26. The standard InChI is InChI=1S/C15H16N2O2/c1-8-10-4-3-5-17(10)13-11(8)15(19)12(16-6-7-16)9(2)14(13)18/h3-7H2,1-2H3. The molecule has 2 aliphatic heterocycles. The third-order valence-electron chi connectivity index (χ3n) is 4.55. The summed E-state index contributed by atoms with van der Waals surface area (Å²) in [6.07, 6.45) is 2.06. The largest absolute Gasteiger partial charge is 0.364 e. The van der Waals surface area contributed by atoms with Gasteiger partial charge in [-0.05, 0) is 32.3 Å². The summed E-state index contributed by atoms with van der Waals surface area (Å²) < 4.78 is 2.08. The van der Waals surface area contributed by atoms with Crippen molar-refractivity contribution in [3.05, 3.63) is 33.8 Å². The molecule has 0 spiro atoms. The molecule has 1 aromatic rings. The molecule has 4 rings (SSSR count). The third-order valence-corrected chi connectivity index (χ3v) is 4.55. The van der Waals surface area contributed by atoms with Gasteiger partial charge in [0.05, 0.1) is 11.3 Å². The van der Waals surface area contributed by atoms with Gasteiger partial charge in [-0.25, -0.2) is 0 Å². The predicted molar refractivity (Wildman–Crippen MR) is 70.4 cm³/mol. The van der Waals surface area contributed by atoms with Crippen LogP contribution in [0.4, 0.5) is 0 Å². The maximum atomic E-state index is 12.7. The van der Waals surface area contributed by atoms with Crippen molar-refractivity contribution in [2.45, 2.75) is 33.2 Å². The van der Waals surface area contributed by atoms with Gasteiger partial charge in [-0.1, -0.05) is 0 Å². The van der Waals surface area contributed by atoms with Gasteiger partial charge in [0.2, 0.25) is 11.6 Å². The second-order valence-electron chi connectivity index (χ2n) is 5.67. The lowest BCUT2D eigenvalue weighted by Gasteiger charge is -2.19. The van der Waals surface area contributed by atoms with Crippen molar-refractivity contribution in [1.29, 1.82) is 0 Å². The van der Waals surface area contributed by atoms with Crippen molar-refractivity contribution < 1.29 is 9.59 Å². The average molecular weight is 256 g/mol. The van der Waals surface area contributed by atoms with Crippen molar-refractivity contribution in [1.82, 2.24) is 9.47 Å². The van der Waals surface area contributed by atoms with E-state index in [1.165, 1.54) is 5.69 Å². The molecule has 19 heavy (non-hydrogen) atoms. The number of aromatic nitrogens is 1. The molecule has 4 nitrogen and oxygen atoms in total. The quantitative estimate of drug-likeness (QED) is 0.718. The molecule has 1 fully saturated rings. The topological polar surface area (TPSA) is 42.1 Å².